The summed E-state index contributed by atoms with van der Waals surface area (Å²) in [4.78, 5) is 39.6. The summed E-state index contributed by atoms with van der Waals surface area (Å²) in [5.41, 5.74) is 5.00. The van der Waals surface area contributed by atoms with Gasteiger partial charge in [0.25, 0.3) is 10.0 Å². The highest BCUT2D eigenvalue weighted by atomic mass is 32.2. The van der Waals surface area contributed by atoms with E-state index >= 15 is 0 Å². The number of hydrogen-bond acceptors (Lipinski definition) is 10. The smallest absolute Gasteiger partial charge is 0.381 e. The number of aromatic nitrogens is 2. The molecule has 0 unspecified atom stereocenters. The highest BCUT2D eigenvalue weighted by Gasteiger charge is 2.43. The van der Waals surface area contributed by atoms with E-state index in [1.807, 2.05) is 5.32 Å². The Morgan fingerprint density at radius 1 is 1.23 bits per heavy atom. The van der Waals surface area contributed by atoms with Crippen LogP contribution in [0.4, 0.5) is 28.4 Å². The lowest BCUT2D eigenvalue weighted by atomic mass is 10.4. The molecule has 0 saturated heterocycles. The van der Waals surface area contributed by atoms with Gasteiger partial charge in [-0.1, -0.05) is 0 Å². The monoisotopic (exact) mass is 471 g/mol. The summed E-state index contributed by atoms with van der Waals surface area (Å²) in [6, 6.07) is 0.480. The van der Waals surface area contributed by atoms with Gasteiger partial charge in [-0.3, -0.25) is 9.52 Å². The van der Waals surface area contributed by atoms with Crippen molar-refractivity contribution in [3.63, 3.8) is 0 Å². The number of nitrogens with two attached hydrogens (primary N) is 1. The molecule has 4 N–H and O–H groups in total. The van der Waals surface area contributed by atoms with Gasteiger partial charge in [-0.25, -0.2) is 32.4 Å². The fourth-order valence-electron chi connectivity index (χ4n) is 1.68. The maximum absolute atomic E-state index is 14.0. The molecule has 0 spiro atoms. The lowest BCUT2D eigenvalue weighted by molar-refractivity contribution is -0.193. The van der Waals surface area contributed by atoms with Gasteiger partial charge in [0, 0.05) is 0 Å². The fourth-order valence-corrected chi connectivity index (χ4v) is 3.62. The molecule has 0 aromatic carbocycles. The van der Waals surface area contributed by atoms with Gasteiger partial charge < -0.3 is 15.8 Å². The van der Waals surface area contributed by atoms with E-state index in [1.165, 1.54) is 0 Å². The number of nitrogens with one attached hydrogen (secondary N) is 2. The van der Waals surface area contributed by atoms with Crippen LogP contribution in [0.2, 0.25) is 0 Å². The van der Waals surface area contributed by atoms with E-state index in [-0.39, 0.29) is 0 Å². The Balaban J connectivity index is 2.24. The summed E-state index contributed by atoms with van der Waals surface area (Å²) in [6.45, 7) is -0.482. The Bertz CT molecular complexity index is 1100. The number of rotatable bonds is 6. The van der Waals surface area contributed by atoms with Crippen molar-refractivity contribution in [1.29, 1.82) is 0 Å². The maximum Gasteiger partial charge on any atom is 0.491 e. The minimum absolute atomic E-state index is 0.473. The zero-order valence-corrected chi connectivity index (χ0v) is 15.8. The molecule has 11 nitrogen and oxygen atoms in total. The summed E-state index contributed by atoms with van der Waals surface area (Å²) in [7, 11) is -4.60. The summed E-state index contributed by atoms with van der Waals surface area (Å²) >= 11 is 0.473. The first-order valence-corrected chi connectivity index (χ1v) is 9.66. The SMILES string of the molecule is NCC(=O)Nc1ncc(S(=O)(=O)Nc2scnc2C(=O)OC(=O)C(F)(F)F)cc1F. The molecule has 2 aromatic heterocycles. The molecule has 0 bridgehead atoms. The van der Waals surface area contributed by atoms with Gasteiger partial charge >= 0.3 is 18.1 Å². The number of esters is 2. The fraction of sp³-hybridized carbons (Fsp3) is 0.154. The van der Waals surface area contributed by atoms with E-state index in [1.54, 1.807) is 4.72 Å². The molecule has 2 rings (SSSR count). The first kappa shape index (κ1) is 23.1. The van der Waals surface area contributed by atoms with E-state index in [0.29, 0.717) is 23.6 Å². The number of anilines is 2. The second-order valence-electron chi connectivity index (χ2n) is 5.06. The summed E-state index contributed by atoms with van der Waals surface area (Å²) < 4.78 is 80.6. The predicted molar refractivity (Wildman–Crippen MR) is 91.3 cm³/mol. The third-order valence-corrected chi connectivity index (χ3v) is 5.16. The van der Waals surface area contributed by atoms with Crippen molar-refractivity contribution >= 4 is 50.0 Å². The van der Waals surface area contributed by atoms with E-state index in [0.717, 1.165) is 5.51 Å². The molecule has 1 amide bonds. The number of ether oxygens (including phenoxy) is 1. The molecule has 0 radical (unpaired) electrons. The van der Waals surface area contributed by atoms with E-state index in [2.05, 4.69) is 14.7 Å². The van der Waals surface area contributed by atoms with Crippen LogP contribution in [0.15, 0.2) is 22.7 Å². The minimum atomic E-state index is -5.46. The number of carbonyl (C=O) groups excluding carboxylic acids is 3. The van der Waals surface area contributed by atoms with Crippen LogP contribution in [0.25, 0.3) is 0 Å². The highest BCUT2D eigenvalue weighted by Crippen LogP contribution is 2.26. The molecule has 2 aromatic rings. The summed E-state index contributed by atoms with van der Waals surface area (Å²) in [6.07, 6.45) is -4.81. The number of alkyl halides is 3. The Labute approximate surface area is 168 Å². The van der Waals surface area contributed by atoms with Crippen molar-refractivity contribution in [3.05, 3.63) is 29.3 Å². The molecule has 0 atom stereocenters. The van der Waals surface area contributed by atoms with Crippen molar-refractivity contribution in [1.82, 2.24) is 9.97 Å². The maximum atomic E-state index is 14.0. The van der Waals surface area contributed by atoms with Gasteiger partial charge in [0.1, 0.15) is 9.90 Å². The first-order chi connectivity index (χ1) is 13.8. The average Bonchev–Trinajstić information content (AvgIpc) is 3.09. The van der Waals surface area contributed by atoms with Crippen molar-refractivity contribution in [2.45, 2.75) is 11.1 Å². The van der Waals surface area contributed by atoms with Gasteiger partial charge in [-0.15, -0.1) is 11.3 Å². The molecule has 0 aliphatic carbocycles. The third kappa shape index (κ3) is 5.45. The van der Waals surface area contributed by atoms with Crippen LogP contribution in [-0.2, 0) is 24.3 Å². The molecule has 0 saturated carbocycles. The van der Waals surface area contributed by atoms with Gasteiger partial charge in [0.2, 0.25) is 5.91 Å². The molecular weight excluding hydrogens is 462 g/mol. The number of nitrogens with zero attached hydrogens (tertiary/aromatic N) is 2. The summed E-state index contributed by atoms with van der Waals surface area (Å²) in [5, 5.41) is 1.38. The quantitative estimate of drug-likeness (QED) is 0.310. The van der Waals surface area contributed by atoms with Crippen LogP contribution in [0.3, 0.4) is 0 Å². The summed E-state index contributed by atoms with van der Waals surface area (Å²) in [5.74, 6) is -7.32. The van der Waals surface area contributed by atoms with Crippen LogP contribution in [0, 0.1) is 5.82 Å². The van der Waals surface area contributed by atoms with Gasteiger partial charge in [0.05, 0.1) is 18.3 Å². The molecule has 162 valence electrons. The highest BCUT2D eigenvalue weighted by molar-refractivity contribution is 7.93. The number of hydrogen-bond donors (Lipinski definition) is 3. The molecule has 30 heavy (non-hydrogen) atoms. The Morgan fingerprint density at radius 3 is 2.47 bits per heavy atom. The zero-order chi connectivity index (χ0) is 22.7. The van der Waals surface area contributed by atoms with Crippen molar-refractivity contribution < 1.29 is 45.1 Å². The molecule has 0 fully saturated rings. The second-order valence-corrected chi connectivity index (χ2v) is 7.60. The van der Waals surface area contributed by atoms with Crippen molar-refractivity contribution in [2.24, 2.45) is 5.73 Å². The van der Waals surface area contributed by atoms with Crippen molar-refractivity contribution in [3.8, 4) is 0 Å². The number of carbonyl (C=O) groups is 3. The number of halogens is 4. The van der Waals surface area contributed by atoms with Crippen molar-refractivity contribution in [2.75, 3.05) is 16.6 Å². The number of amides is 1. The normalized spacial score (nSPS) is 11.6. The Hall–Kier alpha value is -3.18. The third-order valence-electron chi connectivity index (χ3n) is 2.97. The van der Waals surface area contributed by atoms with Gasteiger partial charge in [-0.2, -0.15) is 13.2 Å². The van der Waals surface area contributed by atoms with Crippen LogP contribution >= 0.6 is 11.3 Å². The number of sulfonamides is 1. The topological polar surface area (TPSA) is 170 Å². The van der Waals surface area contributed by atoms with Crippen LogP contribution in [0.1, 0.15) is 10.5 Å². The van der Waals surface area contributed by atoms with E-state index < -0.39 is 67.8 Å². The van der Waals surface area contributed by atoms with Crippen LogP contribution in [-0.4, -0.2) is 49.0 Å². The first-order valence-electron chi connectivity index (χ1n) is 7.30. The van der Waals surface area contributed by atoms with Crippen LogP contribution < -0.4 is 15.8 Å². The predicted octanol–water partition coefficient (Wildman–Crippen LogP) is 0.621. The number of pyridine rings is 1. The second kappa shape index (κ2) is 8.67. The lowest BCUT2D eigenvalue weighted by Crippen LogP contribution is -2.28. The molecule has 0 aliphatic rings. The lowest BCUT2D eigenvalue weighted by Gasteiger charge is -2.09. The molecule has 2 heterocycles. The van der Waals surface area contributed by atoms with Gasteiger partial charge in [0.15, 0.2) is 17.3 Å². The standard InChI is InChI=1S/C13H9F4N5O6S2/c14-6-1-5(3-19-9(6)21-7(23)2-18)30(26,27)22-10-8(20-4-29-10)11(24)28-12(25)13(15,16)17/h1,3-4,22H,2,18H2,(H,19,21,23). The zero-order valence-electron chi connectivity index (χ0n) is 14.2. The average molecular weight is 471 g/mol. The number of thiazole rings is 1. The van der Waals surface area contributed by atoms with E-state index in [4.69, 9.17) is 5.73 Å². The molecular formula is C13H9F4N5O6S2. The Kier molecular flexibility index (Phi) is 6.68. The van der Waals surface area contributed by atoms with E-state index in [9.17, 15) is 40.4 Å². The molecule has 0 aliphatic heterocycles. The largest absolute Gasteiger partial charge is 0.491 e. The minimum Gasteiger partial charge on any atom is -0.381 e. The molecule has 17 heteroatoms. The Morgan fingerprint density at radius 2 is 1.90 bits per heavy atom. The van der Waals surface area contributed by atoms with Crippen LogP contribution in [0.5, 0.6) is 0 Å². The van der Waals surface area contributed by atoms with Gasteiger partial charge in [-0.05, 0) is 6.07 Å².